The Morgan fingerprint density at radius 2 is 1.66 bits per heavy atom. The number of amides is 5. The van der Waals surface area contributed by atoms with E-state index < -0.39 is 53.4 Å². The Labute approximate surface area is 295 Å². The number of hydrogen-bond acceptors (Lipinski definition) is 8. The lowest BCUT2D eigenvalue weighted by atomic mass is 9.82. The molecule has 1 aromatic heterocycles. The first-order valence-corrected chi connectivity index (χ1v) is 18.9. The van der Waals surface area contributed by atoms with E-state index in [2.05, 4.69) is 31.2 Å². The SMILES string of the molecule is CCCC[C@@H](NC(=O)[C@@H]1[C@H]2CCC[C@H]2CN1C(=O)[C@@H](NC(=O)[C@@H](NC(=O)c1cnccn1)C1CCCCC1)C(C)(C)C)C(O)C(=O)NC1CC1. The van der Waals surface area contributed by atoms with Gasteiger partial charge in [-0.25, -0.2) is 4.98 Å². The molecule has 5 amide bonds. The van der Waals surface area contributed by atoms with Crippen molar-refractivity contribution in [1.29, 1.82) is 0 Å². The van der Waals surface area contributed by atoms with Gasteiger partial charge in [0, 0.05) is 25.0 Å². The minimum atomic E-state index is -1.40. The molecular formula is C37H57N7O6. The van der Waals surface area contributed by atoms with Gasteiger partial charge < -0.3 is 31.3 Å². The highest BCUT2D eigenvalue weighted by Gasteiger charge is 2.52. The summed E-state index contributed by atoms with van der Waals surface area (Å²) in [6.45, 7) is 8.04. The van der Waals surface area contributed by atoms with Crippen LogP contribution in [0.15, 0.2) is 18.6 Å². The van der Waals surface area contributed by atoms with Crippen LogP contribution in [-0.4, -0.2) is 92.4 Å². The number of unbranched alkanes of at least 4 members (excludes halogenated alkanes) is 1. The number of hydrogen-bond donors (Lipinski definition) is 5. The minimum absolute atomic E-state index is 0.0548. The molecule has 1 aliphatic heterocycles. The Morgan fingerprint density at radius 3 is 2.30 bits per heavy atom. The molecule has 276 valence electrons. The van der Waals surface area contributed by atoms with Crippen molar-refractivity contribution in [2.24, 2.45) is 23.2 Å². The van der Waals surface area contributed by atoms with E-state index in [1.807, 2.05) is 27.7 Å². The highest BCUT2D eigenvalue weighted by molar-refractivity contribution is 5.98. The van der Waals surface area contributed by atoms with Gasteiger partial charge in [-0.1, -0.05) is 66.2 Å². The zero-order valence-corrected chi connectivity index (χ0v) is 30.2. The summed E-state index contributed by atoms with van der Waals surface area (Å²) in [6.07, 6.45) is 13.7. The lowest BCUT2D eigenvalue weighted by Crippen LogP contribution is -2.62. The van der Waals surface area contributed by atoms with Crippen molar-refractivity contribution < 1.29 is 29.1 Å². The number of nitrogens with one attached hydrogen (secondary N) is 4. The van der Waals surface area contributed by atoms with E-state index >= 15 is 0 Å². The molecule has 4 fully saturated rings. The van der Waals surface area contributed by atoms with Gasteiger partial charge in [0.1, 0.15) is 23.8 Å². The van der Waals surface area contributed by atoms with E-state index in [1.165, 1.54) is 18.6 Å². The molecule has 5 N–H and O–H groups in total. The zero-order chi connectivity index (χ0) is 36.0. The quantitative estimate of drug-likeness (QED) is 0.197. The number of rotatable bonds is 14. The van der Waals surface area contributed by atoms with Crippen LogP contribution < -0.4 is 21.3 Å². The molecule has 1 saturated heterocycles. The van der Waals surface area contributed by atoms with E-state index in [0.717, 1.165) is 70.6 Å². The standard InChI is InChI=1S/C37H57N7O6/c1-5-6-15-26(30(45)35(49)40-24-16-17-24)41-34(48)29-25-14-10-13-23(25)21-44(29)36(50)31(37(2,3)4)43-33(47)28(22-11-8-7-9-12-22)42-32(46)27-20-38-18-19-39-27/h18-20,22-26,28-31,45H,5-17,21H2,1-4H3,(H,40,49)(H,41,48)(H,42,46)(H,43,47)/t23-,25-,26+,28-,29-,30?,31+/m0/s1. The van der Waals surface area contributed by atoms with Crippen molar-refractivity contribution in [3.8, 4) is 0 Å². The summed E-state index contributed by atoms with van der Waals surface area (Å²) in [5.74, 6) is -2.16. The molecule has 3 aliphatic carbocycles. The van der Waals surface area contributed by atoms with E-state index in [-0.39, 0.29) is 41.3 Å². The Morgan fingerprint density at radius 1 is 0.920 bits per heavy atom. The molecule has 0 spiro atoms. The average Bonchev–Trinajstić information content (AvgIpc) is 3.67. The highest BCUT2D eigenvalue weighted by Crippen LogP contribution is 2.43. The molecule has 0 aromatic carbocycles. The number of carbonyl (C=O) groups is 5. The summed E-state index contributed by atoms with van der Waals surface area (Å²) >= 11 is 0. The highest BCUT2D eigenvalue weighted by atomic mass is 16.3. The zero-order valence-electron chi connectivity index (χ0n) is 30.2. The monoisotopic (exact) mass is 695 g/mol. The van der Waals surface area contributed by atoms with Crippen LogP contribution in [0.25, 0.3) is 0 Å². The second-order valence-corrected chi connectivity index (χ2v) is 16.0. The first-order chi connectivity index (χ1) is 23.9. The maximum atomic E-state index is 14.7. The first-order valence-electron chi connectivity index (χ1n) is 18.9. The van der Waals surface area contributed by atoms with Crippen LogP contribution in [0.3, 0.4) is 0 Å². The third kappa shape index (κ3) is 9.18. The predicted molar refractivity (Wildman–Crippen MR) is 186 cm³/mol. The van der Waals surface area contributed by atoms with Crippen molar-refractivity contribution >= 4 is 29.5 Å². The molecule has 7 atom stereocenters. The Hall–Kier alpha value is -3.61. The van der Waals surface area contributed by atoms with Gasteiger partial charge in [0.05, 0.1) is 12.2 Å². The van der Waals surface area contributed by atoms with E-state index in [9.17, 15) is 29.1 Å². The molecule has 4 aliphatic rings. The van der Waals surface area contributed by atoms with Crippen LogP contribution in [0.5, 0.6) is 0 Å². The largest absolute Gasteiger partial charge is 0.381 e. The maximum Gasteiger partial charge on any atom is 0.272 e. The number of aromatic nitrogens is 2. The number of likely N-dealkylation sites (tertiary alicyclic amines) is 1. The fraction of sp³-hybridized carbons (Fsp3) is 0.757. The maximum absolute atomic E-state index is 14.7. The topological polar surface area (TPSA) is 183 Å². The van der Waals surface area contributed by atoms with E-state index in [0.29, 0.717) is 19.4 Å². The van der Waals surface area contributed by atoms with Gasteiger partial charge >= 0.3 is 0 Å². The summed E-state index contributed by atoms with van der Waals surface area (Å²) < 4.78 is 0. The van der Waals surface area contributed by atoms with Gasteiger partial charge in [-0.2, -0.15) is 0 Å². The van der Waals surface area contributed by atoms with Gasteiger partial charge in [0.2, 0.25) is 17.7 Å². The average molecular weight is 696 g/mol. The molecule has 0 bridgehead atoms. The molecule has 13 heteroatoms. The van der Waals surface area contributed by atoms with Gasteiger partial charge in [-0.15, -0.1) is 0 Å². The third-order valence-corrected chi connectivity index (χ3v) is 11.1. The van der Waals surface area contributed by atoms with E-state index in [4.69, 9.17) is 0 Å². The molecular weight excluding hydrogens is 638 g/mol. The Balaban J connectivity index is 1.36. The molecule has 0 radical (unpaired) electrons. The fourth-order valence-electron chi connectivity index (χ4n) is 8.11. The minimum Gasteiger partial charge on any atom is -0.381 e. The van der Waals surface area contributed by atoms with Gasteiger partial charge in [0.15, 0.2) is 6.10 Å². The van der Waals surface area contributed by atoms with Crippen LogP contribution in [-0.2, 0) is 19.2 Å². The lowest BCUT2D eigenvalue weighted by molar-refractivity contribution is -0.146. The summed E-state index contributed by atoms with van der Waals surface area (Å²) in [5.41, 5.74) is -0.618. The van der Waals surface area contributed by atoms with Crippen LogP contribution in [0.2, 0.25) is 0 Å². The predicted octanol–water partition coefficient (Wildman–Crippen LogP) is 2.63. The molecule has 3 saturated carbocycles. The molecule has 2 heterocycles. The van der Waals surface area contributed by atoms with Gasteiger partial charge in [-0.3, -0.25) is 29.0 Å². The van der Waals surface area contributed by atoms with Crippen molar-refractivity contribution in [2.45, 2.75) is 147 Å². The van der Waals surface area contributed by atoms with Crippen molar-refractivity contribution in [2.75, 3.05) is 6.54 Å². The number of fused-ring (bicyclic) bond motifs is 1. The molecule has 50 heavy (non-hydrogen) atoms. The molecule has 1 unspecified atom stereocenters. The number of nitrogens with zero attached hydrogens (tertiary/aromatic N) is 3. The normalized spacial score (nSPS) is 24.7. The smallest absolute Gasteiger partial charge is 0.272 e. The van der Waals surface area contributed by atoms with Crippen molar-refractivity contribution in [3.63, 3.8) is 0 Å². The van der Waals surface area contributed by atoms with Crippen LogP contribution in [0, 0.1) is 23.2 Å². The number of carbonyl (C=O) groups excluding carboxylic acids is 5. The molecule has 5 rings (SSSR count). The summed E-state index contributed by atoms with van der Waals surface area (Å²) in [5, 5.41) is 22.8. The van der Waals surface area contributed by atoms with Crippen LogP contribution in [0.1, 0.15) is 122 Å². The van der Waals surface area contributed by atoms with Crippen LogP contribution >= 0.6 is 0 Å². The second-order valence-electron chi connectivity index (χ2n) is 16.0. The molecule has 1 aromatic rings. The fourth-order valence-corrected chi connectivity index (χ4v) is 8.11. The Bertz CT molecular complexity index is 1360. The lowest BCUT2D eigenvalue weighted by Gasteiger charge is -2.38. The second kappa shape index (κ2) is 16.6. The molecule has 13 nitrogen and oxygen atoms in total. The summed E-state index contributed by atoms with van der Waals surface area (Å²) in [4.78, 5) is 78.8. The van der Waals surface area contributed by atoms with Gasteiger partial charge in [-0.05, 0) is 68.1 Å². The van der Waals surface area contributed by atoms with Gasteiger partial charge in [0.25, 0.3) is 11.8 Å². The van der Waals surface area contributed by atoms with Crippen LogP contribution in [0.4, 0.5) is 0 Å². The number of aliphatic hydroxyl groups is 1. The summed E-state index contributed by atoms with van der Waals surface area (Å²) in [7, 11) is 0. The van der Waals surface area contributed by atoms with Crippen molar-refractivity contribution in [3.05, 3.63) is 24.3 Å². The number of aliphatic hydroxyl groups excluding tert-OH is 1. The van der Waals surface area contributed by atoms with E-state index in [1.54, 1.807) is 4.90 Å². The Kier molecular flexibility index (Phi) is 12.5. The summed E-state index contributed by atoms with van der Waals surface area (Å²) in [6, 6.07) is -3.35. The van der Waals surface area contributed by atoms with Crippen molar-refractivity contribution in [1.82, 2.24) is 36.1 Å². The third-order valence-electron chi connectivity index (χ3n) is 11.1. The first kappa shape index (κ1) is 37.6.